The molecular weight excluding hydrogens is 445 g/mol. The minimum atomic E-state index is -5.46. The lowest BCUT2D eigenvalue weighted by molar-refractivity contribution is -0.0436. The van der Waals surface area contributed by atoms with Crippen LogP contribution in [0.4, 0.5) is 13.2 Å². The smallest absolute Gasteiger partial charge is 0.335 e. The van der Waals surface area contributed by atoms with Crippen molar-refractivity contribution in [3.63, 3.8) is 0 Å². The molecule has 1 heterocycles. The van der Waals surface area contributed by atoms with Gasteiger partial charge in [0.2, 0.25) is 0 Å². The Labute approximate surface area is 184 Å². The van der Waals surface area contributed by atoms with Gasteiger partial charge in [0, 0.05) is 37.3 Å². The van der Waals surface area contributed by atoms with Gasteiger partial charge in [-0.05, 0) is 47.9 Å². The summed E-state index contributed by atoms with van der Waals surface area (Å²) in [6.07, 6.45) is 0. The molecule has 0 saturated carbocycles. The molecule has 1 aliphatic rings. The second-order valence-electron chi connectivity index (χ2n) is 7.83. The predicted octanol–water partition coefficient (Wildman–Crippen LogP) is 3.70. The second-order valence-corrected chi connectivity index (χ2v) is 9.78. The van der Waals surface area contributed by atoms with E-state index in [1.54, 1.807) is 17.0 Å². The Kier molecular flexibility index (Phi) is 6.64. The molecule has 1 aliphatic heterocycles. The Morgan fingerprint density at radius 3 is 1.50 bits per heavy atom. The molecule has 0 aliphatic carbocycles. The first-order valence-electron chi connectivity index (χ1n) is 10.0. The number of carbonyl (C=O) groups is 2. The van der Waals surface area contributed by atoms with Crippen molar-refractivity contribution in [1.29, 1.82) is 0 Å². The Balaban J connectivity index is 1.62. The molecule has 10 heteroatoms. The molecule has 3 rings (SSSR count). The molecule has 0 unspecified atom stereocenters. The predicted molar refractivity (Wildman–Crippen MR) is 112 cm³/mol. The van der Waals surface area contributed by atoms with Gasteiger partial charge in [-0.15, -0.1) is 0 Å². The molecule has 2 aromatic rings. The summed E-state index contributed by atoms with van der Waals surface area (Å²) < 4.78 is 60.9. The van der Waals surface area contributed by atoms with E-state index in [0.29, 0.717) is 24.6 Å². The Hall–Kier alpha value is -2.88. The van der Waals surface area contributed by atoms with E-state index in [0.717, 1.165) is 29.8 Å². The number of alkyl halides is 3. The summed E-state index contributed by atoms with van der Waals surface area (Å²) in [6.45, 7) is 5.29. The average Bonchev–Trinajstić information content (AvgIpc) is 2.77. The van der Waals surface area contributed by atoms with E-state index in [2.05, 4.69) is 13.8 Å². The molecule has 2 amide bonds. The molecule has 2 aromatic carbocycles. The summed E-state index contributed by atoms with van der Waals surface area (Å²) in [6, 6.07) is 11.1. The second kappa shape index (κ2) is 8.93. The number of nitrogens with zero attached hydrogens (tertiary/aromatic N) is 2. The highest BCUT2D eigenvalue weighted by Gasteiger charge is 2.46. The quantitative estimate of drug-likeness (QED) is 0.686. The zero-order chi connectivity index (χ0) is 23.7. The van der Waals surface area contributed by atoms with Gasteiger partial charge in [-0.3, -0.25) is 9.59 Å². The van der Waals surface area contributed by atoms with Gasteiger partial charge in [-0.2, -0.15) is 13.2 Å². The van der Waals surface area contributed by atoms with Gasteiger partial charge >= 0.3 is 5.51 Å². The fraction of sp³-hybridized carbons (Fsp3) is 0.364. The van der Waals surface area contributed by atoms with Crippen LogP contribution >= 0.6 is 0 Å². The van der Waals surface area contributed by atoms with E-state index in [1.807, 2.05) is 12.1 Å². The molecule has 1 fully saturated rings. The maximum atomic E-state index is 12.7. The highest BCUT2D eigenvalue weighted by Crippen LogP contribution is 2.30. The van der Waals surface area contributed by atoms with Crippen LogP contribution in [0.2, 0.25) is 0 Å². The Morgan fingerprint density at radius 2 is 1.16 bits per heavy atom. The van der Waals surface area contributed by atoms with Crippen molar-refractivity contribution in [2.75, 3.05) is 26.2 Å². The van der Waals surface area contributed by atoms with Crippen LogP contribution in [-0.2, 0) is 9.84 Å². The van der Waals surface area contributed by atoms with Crippen molar-refractivity contribution in [2.24, 2.45) is 0 Å². The van der Waals surface area contributed by atoms with E-state index < -0.39 is 26.1 Å². The number of piperazine rings is 1. The van der Waals surface area contributed by atoms with Gasteiger partial charge in [-0.1, -0.05) is 26.0 Å². The monoisotopic (exact) mass is 468 g/mol. The number of carbonyl (C=O) groups excluding carboxylic acids is 2. The van der Waals surface area contributed by atoms with E-state index in [-0.39, 0.29) is 24.6 Å². The molecule has 0 atom stereocenters. The van der Waals surface area contributed by atoms with Gasteiger partial charge in [0.15, 0.2) is 0 Å². The maximum absolute atomic E-state index is 12.7. The summed E-state index contributed by atoms with van der Waals surface area (Å²) >= 11 is 0. The number of amides is 2. The van der Waals surface area contributed by atoms with E-state index >= 15 is 0 Å². The molecular formula is C22H23F3N2O4S. The molecule has 0 aromatic heterocycles. The molecule has 6 nitrogen and oxygen atoms in total. The topological polar surface area (TPSA) is 74.8 Å². The van der Waals surface area contributed by atoms with Crippen LogP contribution in [0.3, 0.4) is 0 Å². The number of halogens is 3. The molecule has 32 heavy (non-hydrogen) atoms. The molecule has 172 valence electrons. The van der Waals surface area contributed by atoms with Crippen molar-refractivity contribution in [3.05, 3.63) is 65.2 Å². The standard InChI is InChI=1S/C22H23F3N2O4S/c1-15(2)16-3-5-17(6-4-16)20(28)26-11-13-27(14-12-26)21(29)18-7-9-19(10-8-18)32(30,31)22(23,24)25/h3-10,15H,11-14H2,1-2H3. The number of rotatable bonds is 4. The fourth-order valence-corrected chi connectivity index (χ4v) is 4.16. The first kappa shape index (κ1) is 23.8. The minimum Gasteiger partial charge on any atom is -0.335 e. The number of sulfone groups is 1. The lowest BCUT2D eigenvalue weighted by Crippen LogP contribution is -2.50. The van der Waals surface area contributed by atoms with Crippen LogP contribution in [0, 0.1) is 0 Å². The number of hydrogen-bond acceptors (Lipinski definition) is 4. The first-order chi connectivity index (χ1) is 14.9. The van der Waals surface area contributed by atoms with Crippen LogP contribution in [0.25, 0.3) is 0 Å². The third kappa shape index (κ3) is 4.79. The average molecular weight is 468 g/mol. The fourth-order valence-electron chi connectivity index (χ4n) is 3.40. The largest absolute Gasteiger partial charge is 0.501 e. The lowest BCUT2D eigenvalue weighted by Gasteiger charge is -2.35. The van der Waals surface area contributed by atoms with Crippen LogP contribution in [-0.4, -0.2) is 61.7 Å². The third-order valence-electron chi connectivity index (χ3n) is 5.39. The van der Waals surface area contributed by atoms with E-state index in [1.165, 1.54) is 4.90 Å². The number of hydrogen-bond donors (Lipinski definition) is 0. The molecule has 0 bridgehead atoms. The van der Waals surface area contributed by atoms with Crippen LogP contribution in [0.1, 0.15) is 46.0 Å². The Morgan fingerprint density at radius 1 is 0.781 bits per heavy atom. The summed E-state index contributed by atoms with van der Waals surface area (Å²) in [7, 11) is -5.46. The Bertz CT molecular complexity index is 1090. The zero-order valence-corrected chi connectivity index (χ0v) is 18.4. The molecule has 0 spiro atoms. The number of benzene rings is 2. The SMILES string of the molecule is CC(C)c1ccc(C(=O)N2CCN(C(=O)c3ccc(S(=O)(=O)C(F)(F)F)cc3)CC2)cc1. The van der Waals surface area contributed by atoms with Gasteiger partial charge in [0.25, 0.3) is 21.7 Å². The molecule has 0 radical (unpaired) electrons. The highest BCUT2D eigenvalue weighted by molar-refractivity contribution is 7.92. The summed E-state index contributed by atoms with van der Waals surface area (Å²) in [5.74, 6) is -0.209. The van der Waals surface area contributed by atoms with Crippen molar-refractivity contribution >= 4 is 21.7 Å². The highest BCUT2D eigenvalue weighted by atomic mass is 32.2. The van der Waals surface area contributed by atoms with Crippen LogP contribution < -0.4 is 0 Å². The first-order valence-corrected chi connectivity index (χ1v) is 11.5. The van der Waals surface area contributed by atoms with E-state index in [4.69, 9.17) is 0 Å². The van der Waals surface area contributed by atoms with Crippen molar-refractivity contribution < 1.29 is 31.2 Å². The summed E-state index contributed by atoms with van der Waals surface area (Å²) in [5, 5.41) is 0. The summed E-state index contributed by atoms with van der Waals surface area (Å²) in [5.41, 5.74) is -3.63. The third-order valence-corrected chi connectivity index (χ3v) is 6.90. The van der Waals surface area contributed by atoms with Gasteiger partial charge in [-0.25, -0.2) is 8.42 Å². The van der Waals surface area contributed by atoms with Crippen molar-refractivity contribution in [2.45, 2.75) is 30.2 Å². The molecule has 0 N–H and O–H groups in total. The maximum Gasteiger partial charge on any atom is 0.501 e. The minimum absolute atomic E-state index is 0.0789. The van der Waals surface area contributed by atoms with Crippen molar-refractivity contribution in [1.82, 2.24) is 9.80 Å². The zero-order valence-electron chi connectivity index (χ0n) is 17.6. The van der Waals surface area contributed by atoms with Gasteiger partial charge in [0.1, 0.15) is 0 Å². The summed E-state index contributed by atoms with van der Waals surface area (Å²) in [4.78, 5) is 27.6. The van der Waals surface area contributed by atoms with Gasteiger partial charge in [0.05, 0.1) is 4.90 Å². The van der Waals surface area contributed by atoms with Crippen molar-refractivity contribution in [3.8, 4) is 0 Å². The van der Waals surface area contributed by atoms with E-state index in [9.17, 15) is 31.2 Å². The van der Waals surface area contributed by atoms with Crippen LogP contribution in [0.5, 0.6) is 0 Å². The normalized spacial score (nSPS) is 15.2. The van der Waals surface area contributed by atoms with Crippen LogP contribution in [0.15, 0.2) is 53.4 Å². The molecule has 1 saturated heterocycles. The van der Waals surface area contributed by atoms with Gasteiger partial charge < -0.3 is 9.80 Å². The lowest BCUT2D eigenvalue weighted by atomic mass is 10.0.